The molecule has 0 amide bonds. The van der Waals surface area contributed by atoms with E-state index >= 15 is 0 Å². The molecule has 0 saturated carbocycles. The molecule has 0 atom stereocenters. The van der Waals surface area contributed by atoms with E-state index in [2.05, 4.69) is 39.4 Å². The van der Waals surface area contributed by atoms with E-state index in [1.807, 2.05) is 26.0 Å². The van der Waals surface area contributed by atoms with E-state index in [-0.39, 0.29) is 0 Å². The quantitative estimate of drug-likeness (QED) is 0.910. The molecule has 0 aliphatic carbocycles. The van der Waals surface area contributed by atoms with Gasteiger partial charge in [0.05, 0.1) is 6.07 Å². The van der Waals surface area contributed by atoms with Gasteiger partial charge in [0.15, 0.2) is 0 Å². The molecule has 3 heteroatoms. The van der Waals surface area contributed by atoms with Gasteiger partial charge in [0.2, 0.25) is 0 Å². The second-order valence-corrected chi connectivity index (χ2v) is 4.96. The van der Waals surface area contributed by atoms with Crippen molar-refractivity contribution < 1.29 is 0 Å². The Morgan fingerprint density at radius 1 is 1.33 bits per heavy atom. The van der Waals surface area contributed by atoms with Crippen LogP contribution in [-0.4, -0.2) is 12.1 Å². The second-order valence-electron chi connectivity index (χ2n) is 4.04. The molecule has 1 N–H and O–H groups in total. The van der Waals surface area contributed by atoms with E-state index in [1.165, 1.54) is 5.56 Å². The lowest BCUT2D eigenvalue weighted by molar-refractivity contribution is 0.490. The van der Waals surface area contributed by atoms with Crippen molar-refractivity contribution in [3.8, 4) is 6.07 Å². The fraction of sp³-hybridized carbons (Fsp3) is 0.417. The summed E-state index contributed by atoms with van der Waals surface area (Å²) in [6.07, 6.45) is 0.943. The van der Waals surface area contributed by atoms with Crippen LogP contribution in [0.5, 0.6) is 0 Å². The molecule has 0 bridgehead atoms. The van der Waals surface area contributed by atoms with Gasteiger partial charge >= 0.3 is 0 Å². The second kappa shape index (κ2) is 5.29. The van der Waals surface area contributed by atoms with Crippen molar-refractivity contribution in [2.75, 3.05) is 6.54 Å². The molecule has 80 valence electrons. The number of hydrogen-bond acceptors (Lipinski definition) is 2. The molecule has 0 spiro atoms. The standard InChI is InChI=1S/C12H15BrN2/c1-12(2,9-14)15-8-7-10-3-5-11(13)6-4-10/h3-6,15H,7-8H2,1-2H3. The van der Waals surface area contributed by atoms with E-state index in [4.69, 9.17) is 5.26 Å². The van der Waals surface area contributed by atoms with Crippen LogP contribution in [0.1, 0.15) is 19.4 Å². The van der Waals surface area contributed by atoms with Crippen LogP contribution in [0.3, 0.4) is 0 Å². The molecule has 0 fully saturated rings. The molecule has 15 heavy (non-hydrogen) atoms. The van der Waals surface area contributed by atoms with Gasteiger partial charge in [-0.05, 0) is 38.0 Å². The van der Waals surface area contributed by atoms with Crippen molar-refractivity contribution in [2.24, 2.45) is 0 Å². The SMILES string of the molecule is CC(C)(C#N)NCCc1ccc(Br)cc1. The van der Waals surface area contributed by atoms with Crippen LogP contribution in [0, 0.1) is 11.3 Å². The Labute approximate surface area is 99.4 Å². The van der Waals surface area contributed by atoms with Gasteiger partial charge < -0.3 is 0 Å². The normalized spacial score (nSPS) is 11.1. The molecule has 0 saturated heterocycles. The zero-order chi connectivity index (χ0) is 11.3. The summed E-state index contributed by atoms with van der Waals surface area (Å²) in [5, 5.41) is 12.0. The van der Waals surface area contributed by atoms with E-state index in [9.17, 15) is 0 Å². The van der Waals surface area contributed by atoms with Crippen molar-refractivity contribution in [3.63, 3.8) is 0 Å². The lowest BCUT2D eigenvalue weighted by atomic mass is 10.1. The summed E-state index contributed by atoms with van der Waals surface area (Å²) >= 11 is 3.40. The van der Waals surface area contributed by atoms with Crippen LogP contribution in [0.25, 0.3) is 0 Å². The molecule has 0 heterocycles. The van der Waals surface area contributed by atoms with Crippen molar-refractivity contribution >= 4 is 15.9 Å². The Morgan fingerprint density at radius 3 is 2.47 bits per heavy atom. The van der Waals surface area contributed by atoms with Crippen molar-refractivity contribution in [1.82, 2.24) is 5.32 Å². The highest BCUT2D eigenvalue weighted by Gasteiger charge is 2.13. The van der Waals surface area contributed by atoms with Crippen LogP contribution in [0.4, 0.5) is 0 Å². The predicted molar refractivity (Wildman–Crippen MR) is 65.5 cm³/mol. The maximum Gasteiger partial charge on any atom is 0.101 e. The Bertz CT molecular complexity index is 349. The molecule has 0 unspecified atom stereocenters. The Kier molecular flexibility index (Phi) is 4.31. The molecule has 0 aliphatic heterocycles. The van der Waals surface area contributed by atoms with Crippen molar-refractivity contribution in [2.45, 2.75) is 25.8 Å². The van der Waals surface area contributed by atoms with Crippen LogP contribution in [0.15, 0.2) is 28.7 Å². The van der Waals surface area contributed by atoms with E-state index in [1.54, 1.807) is 0 Å². The maximum absolute atomic E-state index is 8.81. The average molecular weight is 267 g/mol. The topological polar surface area (TPSA) is 35.8 Å². The molecule has 1 aromatic carbocycles. The van der Waals surface area contributed by atoms with Crippen LogP contribution >= 0.6 is 15.9 Å². The first-order valence-electron chi connectivity index (χ1n) is 4.94. The fourth-order valence-electron chi connectivity index (χ4n) is 1.21. The van der Waals surface area contributed by atoms with Gasteiger partial charge in [-0.2, -0.15) is 5.26 Å². The monoisotopic (exact) mass is 266 g/mol. The van der Waals surface area contributed by atoms with Gasteiger partial charge in [-0.3, -0.25) is 5.32 Å². The molecule has 2 nitrogen and oxygen atoms in total. The third-order valence-corrected chi connectivity index (χ3v) is 2.70. The Morgan fingerprint density at radius 2 is 1.93 bits per heavy atom. The largest absolute Gasteiger partial charge is 0.300 e. The van der Waals surface area contributed by atoms with Gasteiger partial charge in [0.1, 0.15) is 5.54 Å². The lowest BCUT2D eigenvalue weighted by Gasteiger charge is -2.17. The number of nitrogens with one attached hydrogen (secondary N) is 1. The number of halogens is 1. The highest BCUT2D eigenvalue weighted by Crippen LogP contribution is 2.10. The van der Waals surface area contributed by atoms with Gasteiger partial charge in [0, 0.05) is 11.0 Å². The minimum atomic E-state index is -0.435. The molecular formula is C12H15BrN2. The first kappa shape index (κ1) is 12.2. The summed E-state index contributed by atoms with van der Waals surface area (Å²) in [5.74, 6) is 0. The number of nitriles is 1. The molecule has 0 aliphatic rings. The van der Waals surface area contributed by atoms with Crippen LogP contribution in [-0.2, 0) is 6.42 Å². The third-order valence-electron chi connectivity index (χ3n) is 2.17. The lowest BCUT2D eigenvalue weighted by Crippen LogP contribution is -2.38. The molecule has 1 rings (SSSR count). The number of rotatable bonds is 4. The van der Waals surface area contributed by atoms with Gasteiger partial charge in [-0.15, -0.1) is 0 Å². The van der Waals surface area contributed by atoms with E-state index in [0.717, 1.165) is 17.4 Å². The minimum absolute atomic E-state index is 0.435. The zero-order valence-corrected chi connectivity index (χ0v) is 10.6. The van der Waals surface area contributed by atoms with E-state index in [0.29, 0.717) is 0 Å². The Hall–Kier alpha value is -0.850. The van der Waals surface area contributed by atoms with Crippen molar-refractivity contribution in [1.29, 1.82) is 5.26 Å². The smallest absolute Gasteiger partial charge is 0.101 e. The third kappa shape index (κ3) is 4.46. The molecular weight excluding hydrogens is 252 g/mol. The number of hydrogen-bond donors (Lipinski definition) is 1. The Balaban J connectivity index is 2.39. The van der Waals surface area contributed by atoms with E-state index < -0.39 is 5.54 Å². The summed E-state index contributed by atoms with van der Waals surface area (Å²) in [6.45, 7) is 4.59. The summed E-state index contributed by atoms with van der Waals surface area (Å²) in [5.41, 5.74) is 0.842. The van der Waals surface area contributed by atoms with Crippen LogP contribution < -0.4 is 5.32 Å². The highest BCUT2D eigenvalue weighted by atomic mass is 79.9. The fourth-order valence-corrected chi connectivity index (χ4v) is 1.47. The maximum atomic E-state index is 8.81. The summed E-state index contributed by atoms with van der Waals surface area (Å²) < 4.78 is 1.09. The van der Waals surface area contributed by atoms with Gasteiger partial charge in [0.25, 0.3) is 0 Å². The molecule has 0 aromatic heterocycles. The van der Waals surface area contributed by atoms with Crippen LogP contribution in [0.2, 0.25) is 0 Å². The first-order chi connectivity index (χ1) is 7.03. The molecule has 0 radical (unpaired) electrons. The van der Waals surface area contributed by atoms with Gasteiger partial charge in [-0.25, -0.2) is 0 Å². The van der Waals surface area contributed by atoms with Gasteiger partial charge in [-0.1, -0.05) is 28.1 Å². The summed E-state index contributed by atoms with van der Waals surface area (Å²) in [7, 11) is 0. The highest BCUT2D eigenvalue weighted by molar-refractivity contribution is 9.10. The number of benzene rings is 1. The average Bonchev–Trinajstić information content (AvgIpc) is 2.21. The first-order valence-corrected chi connectivity index (χ1v) is 5.73. The summed E-state index contributed by atoms with van der Waals surface area (Å²) in [4.78, 5) is 0. The summed E-state index contributed by atoms with van der Waals surface area (Å²) in [6, 6.07) is 10.5. The van der Waals surface area contributed by atoms with Crippen molar-refractivity contribution in [3.05, 3.63) is 34.3 Å². The molecule has 1 aromatic rings. The predicted octanol–water partition coefficient (Wildman–Crippen LogP) is 2.88. The minimum Gasteiger partial charge on any atom is -0.300 e. The number of nitrogens with zero attached hydrogens (tertiary/aromatic N) is 1. The zero-order valence-electron chi connectivity index (χ0n) is 9.05.